The Morgan fingerprint density at radius 1 is 0.923 bits per heavy atom. The van der Waals surface area contributed by atoms with Crippen LogP contribution in [0.15, 0.2) is 72.9 Å². The van der Waals surface area contributed by atoms with Crippen molar-refractivity contribution < 1.29 is 8.42 Å². The molecule has 130 valence electrons. The lowest BCUT2D eigenvalue weighted by Crippen LogP contribution is -2.11. The fourth-order valence-electron chi connectivity index (χ4n) is 2.88. The summed E-state index contributed by atoms with van der Waals surface area (Å²) in [6.07, 6.45) is 2.85. The van der Waals surface area contributed by atoms with E-state index in [1.54, 1.807) is 18.3 Å². The molecular formula is C19H16N4O2S. The number of hydrogen-bond acceptors (Lipinski definition) is 4. The third-order valence-electron chi connectivity index (χ3n) is 3.89. The Morgan fingerprint density at radius 3 is 2.42 bits per heavy atom. The summed E-state index contributed by atoms with van der Waals surface area (Å²) < 4.78 is 28.0. The van der Waals surface area contributed by atoms with E-state index in [4.69, 9.17) is 4.98 Å². The van der Waals surface area contributed by atoms with Gasteiger partial charge in [-0.25, -0.2) is 18.4 Å². The molecule has 1 N–H and O–H groups in total. The van der Waals surface area contributed by atoms with Crippen LogP contribution in [0.3, 0.4) is 0 Å². The van der Waals surface area contributed by atoms with Crippen molar-refractivity contribution in [1.29, 1.82) is 0 Å². The number of hydrogen-bond donors (Lipinski definition) is 1. The number of para-hydroxylation sites is 2. The maximum atomic E-state index is 11.8. The number of nitrogens with one attached hydrogen (secondary N) is 1. The predicted octanol–water partition coefficient (Wildman–Crippen LogP) is 3.46. The highest BCUT2D eigenvalue weighted by atomic mass is 32.2. The van der Waals surface area contributed by atoms with Crippen LogP contribution in [0.25, 0.3) is 28.2 Å². The van der Waals surface area contributed by atoms with Gasteiger partial charge in [-0.2, -0.15) is 0 Å². The van der Waals surface area contributed by atoms with Crippen molar-refractivity contribution in [2.45, 2.75) is 0 Å². The first-order valence-corrected chi connectivity index (χ1v) is 9.88. The SMILES string of the molecule is CS(=O)(=O)Nc1ccccc1-c1nc2cccnc2n1-c1ccccc1. The summed E-state index contributed by atoms with van der Waals surface area (Å²) in [4.78, 5) is 9.19. The Labute approximate surface area is 151 Å². The third-order valence-corrected chi connectivity index (χ3v) is 4.48. The molecule has 0 aliphatic carbocycles. The molecule has 0 amide bonds. The Balaban J connectivity index is 2.02. The van der Waals surface area contributed by atoms with Gasteiger partial charge in [0.15, 0.2) is 5.65 Å². The molecule has 0 unspecified atom stereocenters. The number of aromatic nitrogens is 3. The zero-order valence-corrected chi connectivity index (χ0v) is 14.8. The van der Waals surface area contributed by atoms with E-state index in [0.717, 1.165) is 17.5 Å². The topological polar surface area (TPSA) is 76.9 Å². The zero-order valence-electron chi connectivity index (χ0n) is 14.0. The lowest BCUT2D eigenvalue weighted by atomic mass is 10.1. The molecule has 0 saturated heterocycles. The molecule has 0 fully saturated rings. The summed E-state index contributed by atoms with van der Waals surface area (Å²) in [5.74, 6) is 0.622. The standard InChI is InChI=1S/C19H16N4O2S/c1-26(24,25)22-16-11-6-5-10-15(16)18-21-17-12-7-13-20-19(17)23(18)14-8-3-2-4-9-14/h2-13,22H,1H3. The van der Waals surface area contributed by atoms with Gasteiger partial charge in [-0.05, 0) is 36.4 Å². The molecule has 2 heterocycles. The van der Waals surface area contributed by atoms with Gasteiger partial charge < -0.3 is 0 Å². The van der Waals surface area contributed by atoms with Crippen molar-refractivity contribution in [3.63, 3.8) is 0 Å². The van der Waals surface area contributed by atoms with E-state index in [2.05, 4.69) is 9.71 Å². The highest BCUT2D eigenvalue weighted by Crippen LogP contribution is 2.32. The zero-order chi connectivity index (χ0) is 18.1. The van der Waals surface area contributed by atoms with Crippen LogP contribution in [0.4, 0.5) is 5.69 Å². The predicted molar refractivity (Wildman–Crippen MR) is 103 cm³/mol. The molecule has 4 rings (SSSR count). The second kappa shape index (κ2) is 6.27. The van der Waals surface area contributed by atoms with Crippen LogP contribution in [0.1, 0.15) is 0 Å². The highest BCUT2D eigenvalue weighted by molar-refractivity contribution is 7.92. The monoisotopic (exact) mass is 364 g/mol. The van der Waals surface area contributed by atoms with Crippen molar-refractivity contribution in [3.05, 3.63) is 72.9 Å². The molecule has 0 saturated carbocycles. The number of fused-ring (bicyclic) bond motifs is 1. The van der Waals surface area contributed by atoms with Crippen LogP contribution in [-0.2, 0) is 10.0 Å². The molecule has 0 aliphatic rings. The molecule has 6 nitrogen and oxygen atoms in total. The quantitative estimate of drug-likeness (QED) is 0.602. The van der Waals surface area contributed by atoms with Crippen molar-refractivity contribution in [1.82, 2.24) is 14.5 Å². The minimum Gasteiger partial charge on any atom is -0.283 e. The molecular weight excluding hydrogens is 348 g/mol. The molecule has 2 aromatic carbocycles. The Kier molecular flexibility index (Phi) is 3.93. The number of rotatable bonds is 4. The van der Waals surface area contributed by atoms with Gasteiger partial charge in [-0.3, -0.25) is 9.29 Å². The molecule has 7 heteroatoms. The normalized spacial score (nSPS) is 11.6. The van der Waals surface area contributed by atoms with Gasteiger partial charge in [0, 0.05) is 17.4 Å². The minimum atomic E-state index is -3.42. The van der Waals surface area contributed by atoms with Gasteiger partial charge in [-0.1, -0.05) is 30.3 Å². The Hall–Kier alpha value is -3.19. The smallest absolute Gasteiger partial charge is 0.229 e. The maximum Gasteiger partial charge on any atom is 0.229 e. The van der Waals surface area contributed by atoms with Crippen LogP contribution in [0, 0.1) is 0 Å². The third kappa shape index (κ3) is 3.04. The van der Waals surface area contributed by atoms with Gasteiger partial charge in [0.1, 0.15) is 11.3 Å². The average Bonchev–Trinajstić information content (AvgIpc) is 3.01. The van der Waals surface area contributed by atoms with E-state index in [1.165, 1.54) is 0 Å². The molecule has 0 radical (unpaired) electrons. The number of benzene rings is 2. The van der Waals surface area contributed by atoms with Gasteiger partial charge in [0.25, 0.3) is 0 Å². The van der Waals surface area contributed by atoms with Gasteiger partial charge >= 0.3 is 0 Å². The summed E-state index contributed by atoms with van der Waals surface area (Å²) in [7, 11) is -3.42. The maximum absolute atomic E-state index is 11.8. The first-order chi connectivity index (χ1) is 12.5. The fraction of sp³-hybridized carbons (Fsp3) is 0.0526. The fourth-order valence-corrected chi connectivity index (χ4v) is 3.46. The molecule has 26 heavy (non-hydrogen) atoms. The van der Waals surface area contributed by atoms with Crippen LogP contribution in [0.2, 0.25) is 0 Å². The molecule has 0 aliphatic heterocycles. The number of pyridine rings is 1. The summed E-state index contributed by atoms with van der Waals surface area (Å²) in [6, 6.07) is 20.7. The van der Waals surface area contributed by atoms with Crippen molar-refractivity contribution in [2.24, 2.45) is 0 Å². The second-order valence-corrected chi connectivity index (χ2v) is 7.62. The van der Waals surface area contributed by atoms with E-state index in [1.807, 2.05) is 59.2 Å². The lowest BCUT2D eigenvalue weighted by Gasteiger charge is -2.13. The van der Waals surface area contributed by atoms with Crippen LogP contribution in [-0.4, -0.2) is 29.2 Å². The highest BCUT2D eigenvalue weighted by Gasteiger charge is 2.18. The van der Waals surface area contributed by atoms with Gasteiger partial charge in [-0.15, -0.1) is 0 Å². The van der Waals surface area contributed by atoms with E-state index in [0.29, 0.717) is 22.7 Å². The number of imidazole rings is 1. The summed E-state index contributed by atoms with van der Waals surface area (Å²) in [6.45, 7) is 0. The van der Waals surface area contributed by atoms with Crippen molar-refractivity contribution in [3.8, 4) is 17.1 Å². The molecule has 0 spiro atoms. The van der Waals surface area contributed by atoms with Crippen LogP contribution >= 0.6 is 0 Å². The minimum absolute atomic E-state index is 0.475. The summed E-state index contributed by atoms with van der Waals surface area (Å²) >= 11 is 0. The first-order valence-electron chi connectivity index (χ1n) is 7.99. The second-order valence-electron chi connectivity index (χ2n) is 5.87. The Morgan fingerprint density at radius 2 is 1.65 bits per heavy atom. The lowest BCUT2D eigenvalue weighted by molar-refractivity contribution is 0.607. The van der Waals surface area contributed by atoms with Gasteiger partial charge in [0.05, 0.1) is 11.9 Å². The average molecular weight is 364 g/mol. The summed E-state index contributed by atoms with van der Waals surface area (Å²) in [5, 5.41) is 0. The largest absolute Gasteiger partial charge is 0.283 e. The Bertz CT molecular complexity index is 1180. The molecule has 2 aromatic heterocycles. The van der Waals surface area contributed by atoms with Crippen LogP contribution in [0.5, 0.6) is 0 Å². The van der Waals surface area contributed by atoms with Gasteiger partial charge in [0.2, 0.25) is 10.0 Å². The molecule has 4 aromatic rings. The van der Waals surface area contributed by atoms with Crippen LogP contribution < -0.4 is 4.72 Å². The van der Waals surface area contributed by atoms with Crippen molar-refractivity contribution >= 4 is 26.9 Å². The number of sulfonamides is 1. The molecule has 0 atom stereocenters. The van der Waals surface area contributed by atoms with E-state index < -0.39 is 10.0 Å². The van der Waals surface area contributed by atoms with E-state index >= 15 is 0 Å². The summed E-state index contributed by atoms with van der Waals surface area (Å²) in [5.41, 5.74) is 3.50. The molecule has 0 bridgehead atoms. The first kappa shape index (κ1) is 16.3. The number of nitrogens with zero attached hydrogens (tertiary/aromatic N) is 3. The number of anilines is 1. The van der Waals surface area contributed by atoms with Crippen molar-refractivity contribution in [2.75, 3.05) is 11.0 Å². The van der Waals surface area contributed by atoms with E-state index in [-0.39, 0.29) is 0 Å². The van der Waals surface area contributed by atoms with E-state index in [9.17, 15) is 8.42 Å².